The maximum absolute atomic E-state index is 11.4. The van der Waals surface area contributed by atoms with Gasteiger partial charge in [0.2, 0.25) is 0 Å². The van der Waals surface area contributed by atoms with Crippen molar-refractivity contribution < 1.29 is 8.42 Å². The van der Waals surface area contributed by atoms with Crippen molar-refractivity contribution in [1.82, 2.24) is 5.43 Å². The van der Waals surface area contributed by atoms with Crippen molar-refractivity contribution in [3.63, 3.8) is 0 Å². The van der Waals surface area contributed by atoms with Gasteiger partial charge in [0.05, 0.1) is 11.5 Å². The third kappa shape index (κ3) is 5.84. The Kier molecular flexibility index (Phi) is 6.44. The molecule has 0 aromatic rings. The highest BCUT2D eigenvalue weighted by molar-refractivity contribution is 7.91. The summed E-state index contributed by atoms with van der Waals surface area (Å²) in [6.07, 6.45) is 7.72. The molecule has 3 N–H and O–H groups in total. The number of hydrazine groups is 1. The molecule has 0 aliphatic carbocycles. The first-order valence-corrected chi connectivity index (χ1v) is 8.56. The molecule has 1 rings (SSSR count). The number of unbranched alkanes of at least 4 members (excludes halogenated alkanes) is 3. The SMILES string of the molecule is CCCCCCC(CC1CCS(=O)(=O)C1)NN. The molecule has 17 heavy (non-hydrogen) atoms. The third-order valence-corrected chi connectivity index (χ3v) is 5.42. The molecule has 2 atom stereocenters. The van der Waals surface area contributed by atoms with Crippen molar-refractivity contribution in [2.45, 2.75) is 57.9 Å². The first-order valence-electron chi connectivity index (χ1n) is 6.74. The van der Waals surface area contributed by atoms with E-state index in [0.717, 1.165) is 19.3 Å². The summed E-state index contributed by atoms with van der Waals surface area (Å²) in [5.41, 5.74) is 2.84. The lowest BCUT2D eigenvalue weighted by molar-refractivity contribution is 0.380. The van der Waals surface area contributed by atoms with Gasteiger partial charge in [0.15, 0.2) is 9.84 Å². The van der Waals surface area contributed by atoms with Crippen LogP contribution in [-0.4, -0.2) is 26.0 Å². The highest BCUT2D eigenvalue weighted by Gasteiger charge is 2.29. The van der Waals surface area contributed by atoms with E-state index in [2.05, 4.69) is 12.3 Å². The topological polar surface area (TPSA) is 72.2 Å². The van der Waals surface area contributed by atoms with Crippen LogP contribution >= 0.6 is 0 Å². The van der Waals surface area contributed by atoms with E-state index in [0.29, 0.717) is 17.4 Å². The Morgan fingerprint density at radius 3 is 2.65 bits per heavy atom. The molecule has 1 aliphatic heterocycles. The van der Waals surface area contributed by atoms with Crippen molar-refractivity contribution in [3.05, 3.63) is 0 Å². The molecule has 0 saturated carbocycles. The van der Waals surface area contributed by atoms with Gasteiger partial charge in [-0.05, 0) is 25.2 Å². The van der Waals surface area contributed by atoms with Crippen LogP contribution in [0.25, 0.3) is 0 Å². The summed E-state index contributed by atoms with van der Waals surface area (Å²) in [4.78, 5) is 0. The number of nitrogens with two attached hydrogens (primary N) is 1. The molecule has 5 heteroatoms. The molecule has 0 spiro atoms. The Bertz CT molecular complexity index is 304. The molecule has 0 aromatic carbocycles. The Labute approximate surface area is 105 Å². The van der Waals surface area contributed by atoms with Gasteiger partial charge in [0, 0.05) is 6.04 Å². The van der Waals surface area contributed by atoms with Crippen LogP contribution in [0.1, 0.15) is 51.9 Å². The molecular formula is C12H26N2O2S. The Morgan fingerprint density at radius 2 is 2.12 bits per heavy atom. The molecule has 0 aromatic heterocycles. The minimum absolute atomic E-state index is 0.283. The monoisotopic (exact) mass is 262 g/mol. The summed E-state index contributed by atoms with van der Waals surface area (Å²) in [5.74, 6) is 6.57. The predicted octanol–water partition coefficient (Wildman–Crippen LogP) is 1.61. The summed E-state index contributed by atoms with van der Waals surface area (Å²) >= 11 is 0. The normalized spacial score (nSPS) is 24.9. The highest BCUT2D eigenvalue weighted by Crippen LogP contribution is 2.24. The van der Waals surface area contributed by atoms with Crippen molar-refractivity contribution >= 4 is 9.84 Å². The van der Waals surface area contributed by atoms with E-state index < -0.39 is 9.84 Å². The largest absolute Gasteiger partial charge is 0.271 e. The predicted molar refractivity (Wildman–Crippen MR) is 71.2 cm³/mol. The second-order valence-corrected chi connectivity index (χ2v) is 7.45. The zero-order valence-corrected chi connectivity index (χ0v) is 11.6. The van der Waals surface area contributed by atoms with E-state index in [1.165, 1.54) is 25.7 Å². The van der Waals surface area contributed by atoms with Gasteiger partial charge >= 0.3 is 0 Å². The molecule has 4 nitrogen and oxygen atoms in total. The molecule has 0 radical (unpaired) electrons. The van der Waals surface area contributed by atoms with Crippen LogP contribution in [0.3, 0.4) is 0 Å². The summed E-state index contributed by atoms with van der Waals surface area (Å²) < 4.78 is 22.7. The minimum atomic E-state index is -2.75. The number of rotatable bonds is 8. The van der Waals surface area contributed by atoms with Crippen molar-refractivity contribution in [2.75, 3.05) is 11.5 Å². The van der Waals surface area contributed by atoms with Gasteiger partial charge in [-0.1, -0.05) is 32.6 Å². The number of nitrogens with one attached hydrogen (secondary N) is 1. The standard InChI is InChI=1S/C12H26N2O2S/c1-2-3-4-5-6-12(14-13)9-11-7-8-17(15,16)10-11/h11-12,14H,2-10,13H2,1H3. The first kappa shape index (κ1) is 14.9. The van der Waals surface area contributed by atoms with Gasteiger partial charge in [-0.3, -0.25) is 11.3 Å². The van der Waals surface area contributed by atoms with Crippen LogP contribution in [0.5, 0.6) is 0 Å². The van der Waals surface area contributed by atoms with Gasteiger partial charge in [-0.2, -0.15) is 0 Å². The van der Waals surface area contributed by atoms with Gasteiger partial charge in [0.25, 0.3) is 0 Å². The quantitative estimate of drug-likeness (QED) is 0.396. The van der Waals surface area contributed by atoms with E-state index in [1.54, 1.807) is 0 Å². The van der Waals surface area contributed by atoms with E-state index >= 15 is 0 Å². The molecule has 1 saturated heterocycles. The van der Waals surface area contributed by atoms with E-state index in [9.17, 15) is 8.42 Å². The summed E-state index contributed by atoms with van der Waals surface area (Å²) in [5, 5.41) is 0. The smallest absolute Gasteiger partial charge is 0.150 e. The fourth-order valence-corrected chi connectivity index (χ4v) is 4.43. The zero-order valence-electron chi connectivity index (χ0n) is 10.8. The molecule has 0 amide bonds. The van der Waals surface area contributed by atoms with Crippen molar-refractivity contribution in [3.8, 4) is 0 Å². The lowest BCUT2D eigenvalue weighted by Gasteiger charge is -2.18. The van der Waals surface area contributed by atoms with E-state index in [-0.39, 0.29) is 6.04 Å². The second-order valence-electron chi connectivity index (χ2n) is 5.22. The Morgan fingerprint density at radius 1 is 1.35 bits per heavy atom. The molecule has 2 unspecified atom stereocenters. The van der Waals surface area contributed by atoms with Crippen molar-refractivity contribution in [1.29, 1.82) is 0 Å². The molecule has 1 heterocycles. The molecule has 0 bridgehead atoms. The fraction of sp³-hybridized carbons (Fsp3) is 1.00. The molecule has 1 fully saturated rings. The molecule has 102 valence electrons. The van der Waals surface area contributed by atoms with Gasteiger partial charge < -0.3 is 0 Å². The highest BCUT2D eigenvalue weighted by atomic mass is 32.2. The van der Waals surface area contributed by atoms with Gasteiger partial charge in [-0.15, -0.1) is 0 Å². The van der Waals surface area contributed by atoms with E-state index in [1.807, 2.05) is 0 Å². The molecular weight excluding hydrogens is 236 g/mol. The number of sulfone groups is 1. The summed E-state index contributed by atoms with van der Waals surface area (Å²) in [6.45, 7) is 2.20. The van der Waals surface area contributed by atoms with Crippen LogP contribution in [0.4, 0.5) is 0 Å². The van der Waals surface area contributed by atoms with E-state index in [4.69, 9.17) is 5.84 Å². The number of hydrogen-bond donors (Lipinski definition) is 2. The zero-order chi connectivity index (χ0) is 12.7. The van der Waals surface area contributed by atoms with Gasteiger partial charge in [-0.25, -0.2) is 8.42 Å². The summed E-state index contributed by atoms with van der Waals surface area (Å²) in [6, 6.07) is 0.283. The van der Waals surface area contributed by atoms with Crippen LogP contribution in [-0.2, 0) is 9.84 Å². The van der Waals surface area contributed by atoms with Crippen LogP contribution in [0.2, 0.25) is 0 Å². The number of hydrogen-bond acceptors (Lipinski definition) is 4. The minimum Gasteiger partial charge on any atom is -0.271 e. The fourth-order valence-electron chi connectivity index (χ4n) is 2.55. The van der Waals surface area contributed by atoms with Crippen LogP contribution in [0.15, 0.2) is 0 Å². The Hall–Kier alpha value is -0.130. The second kappa shape index (κ2) is 7.34. The van der Waals surface area contributed by atoms with Crippen LogP contribution < -0.4 is 11.3 Å². The Balaban J connectivity index is 2.23. The first-order chi connectivity index (χ1) is 8.07. The third-order valence-electron chi connectivity index (χ3n) is 3.59. The lowest BCUT2D eigenvalue weighted by Crippen LogP contribution is -2.36. The average Bonchev–Trinajstić information content (AvgIpc) is 2.62. The maximum Gasteiger partial charge on any atom is 0.150 e. The van der Waals surface area contributed by atoms with Crippen LogP contribution in [0, 0.1) is 5.92 Å². The maximum atomic E-state index is 11.4. The van der Waals surface area contributed by atoms with Crippen molar-refractivity contribution in [2.24, 2.45) is 11.8 Å². The summed E-state index contributed by atoms with van der Waals surface area (Å²) in [7, 11) is -2.75. The average molecular weight is 262 g/mol. The lowest BCUT2D eigenvalue weighted by atomic mass is 9.96. The van der Waals surface area contributed by atoms with Gasteiger partial charge in [0.1, 0.15) is 0 Å². The molecule has 1 aliphatic rings.